The molecule has 0 aromatic heterocycles. The summed E-state index contributed by atoms with van der Waals surface area (Å²) >= 11 is 0. The Bertz CT molecular complexity index is 440. The second-order valence-electron chi connectivity index (χ2n) is 6.06. The molecule has 1 aliphatic rings. The summed E-state index contributed by atoms with van der Waals surface area (Å²) in [6.07, 6.45) is 14.7. The zero-order valence-corrected chi connectivity index (χ0v) is 14.7. The van der Waals surface area contributed by atoms with Gasteiger partial charge < -0.3 is 14.7 Å². The first kappa shape index (κ1) is 19.7. The van der Waals surface area contributed by atoms with Crippen molar-refractivity contribution in [3.05, 3.63) is 36.0 Å². The fourth-order valence-electron chi connectivity index (χ4n) is 2.78. The molecule has 1 amide bonds. The summed E-state index contributed by atoms with van der Waals surface area (Å²) in [7, 11) is 1.74. The van der Waals surface area contributed by atoms with Crippen LogP contribution in [0.1, 0.15) is 46.0 Å². The third-order valence-electron chi connectivity index (χ3n) is 4.17. The molecule has 1 aliphatic heterocycles. The standard InChI is InChI=1S/C19H31NO3/c1-4-5-11-18(23-3)14-16(2)9-6-7-12-19(22)20-13-8-10-17(20)15-21/h6-7,9,12,14,17-18,21H,4-5,8,10-11,13,15H2,1-3H3/b9-6+,12-7+,16-14+/t17-,18-/m1/s1. The summed E-state index contributed by atoms with van der Waals surface area (Å²) < 4.78 is 5.45. The monoisotopic (exact) mass is 321 g/mol. The summed E-state index contributed by atoms with van der Waals surface area (Å²) in [4.78, 5) is 13.8. The van der Waals surface area contributed by atoms with Crippen LogP contribution in [0.25, 0.3) is 0 Å². The highest BCUT2D eigenvalue weighted by Crippen LogP contribution is 2.16. The van der Waals surface area contributed by atoms with Crippen LogP contribution in [0, 0.1) is 0 Å². The predicted molar refractivity (Wildman–Crippen MR) is 94.2 cm³/mol. The van der Waals surface area contributed by atoms with E-state index in [1.54, 1.807) is 24.2 Å². The number of ether oxygens (including phenoxy) is 1. The fourth-order valence-corrected chi connectivity index (χ4v) is 2.78. The second-order valence-corrected chi connectivity index (χ2v) is 6.06. The van der Waals surface area contributed by atoms with E-state index in [9.17, 15) is 9.90 Å². The summed E-state index contributed by atoms with van der Waals surface area (Å²) in [5.74, 6) is -0.0226. The number of hydrogen-bond acceptors (Lipinski definition) is 3. The maximum Gasteiger partial charge on any atom is 0.246 e. The van der Waals surface area contributed by atoms with Gasteiger partial charge in [0.1, 0.15) is 0 Å². The molecular formula is C19H31NO3. The molecule has 130 valence electrons. The lowest BCUT2D eigenvalue weighted by Gasteiger charge is -2.21. The molecule has 1 N–H and O–H groups in total. The van der Waals surface area contributed by atoms with Crippen molar-refractivity contribution < 1.29 is 14.6 Å². The van der Waals surface area contributed by atoms with E-state index in [4.69, 9.17) is 4.74 Å². The highest BCUT2D eigenvalue weighted by atomic mass is 16.5. The molecule has 0 saturated carbocycles. The van der Waals surface area contributed by atoms with Crippen molar-refractivity contribution in [2.45, 2.75) is 58.1 Å². The number of rotatable bonds is 9. The first-order valence-corrected chi connectivity index (χ1v) is 8.59. The van der Waals surface area contributed by atoms with Crippen molar-refractivity contribution in [1.29, 1.82) is 0 Å². The molecule has 4 heteroatoms. The molecule has 2 atom stereocenters. The first-order chi connectivity index (χ1) is 11.1. The maximum atomic E-state index is 12.1. The molecule has 0 spiro atoms. The van der Waals surface area contributed by atoms with Gasteiger partial charge in [-0.25, -0.2) is 0 Å². The summed E-state index contributed by atoms with van der Waals surface area (Å²) in [6.45, 7) is 5.00. The van der Waals surface area contributed by atoms with Gasteiger partial charge in [0.15, 0.2) is 0 Å². The van der Waals surface area contributed by atoms with Gasteiger partial charge in [0, 0.05) is 19.7 Å². The van der Waals surface area contributed by atoms with E-state index in [1.807, 2.05) is 19.1 Å². The van der Waals surface area contributed by atoms with Crippen LogP contribution in [0.4, 0.5) is 0 Å². The molecular weight excluding hydrogens is 290 g/mol. The smallest absolute Gasteiger partial charge is 0.246 e. The lowest BCUT2D eigenvalue weighted by molar-refractivity contribution is -0.127. The Morgan fingerprint density at radius 2 is 2.13 bits per heavy atom. The molecule has 23 heavy (non-hydrogen) atoms. The summed E-state index contributed by atoms with van der Waals surface area (Å²) in [6, 6.07) is -0.0150. The number of likely N-dealkylation sites (tertiary alicyclic amines) is 1. The van der Waals surface area contributed by atoms with E-state index < -0.39 is 0 Å². The third kappa shape index (κ3) is 7.14. The Kier molecular flexibility index (Phi) is 9.57. The molecule has 1 heterocycles. The Labute approximate surface area is 140 Å². The van der Waals surface area contributed by atoms with Crippen LogP contribution < -0.4 is 0 Å². The van der Waals surface area contributed by atoms with Crippen molar-refractivity contribution in [3.8, 4) is 0 Å². The van der Waals surface area contributed by atoms with Crippen molar-refractivity contribution in [1.82, 2.24) is 4.90 Å². The molecule has 0 aromatic rings. The van der Waals surface area contributed by atoms with Crippen molar-refractivity contribution in [2.24, 2.45) is 0 Å². The van der Waals surface area contributed by atoms with Crippen LogP contribution in [0.15, 0.2) is 36.0 Å². The molecule has 0 unspecified atom stereocenters. The topological polar surface area (TPSA) is 49.8 Å². The Morgan fingerprint density at radius 1 is 1.39 bits per heavy atom. The number of amides is 1. The van der Waals surface area contributed by atoms with Gasteiger partial charge in [-0.3, -0.25) is 4.79 Å². The minimum absolute atomic E-state index is 0.0150. The molecule has 4 nitrogen and oxygen atoms in total. The number of nitrogens with zero attached hydrogens (tertiary/aromatic N) is 1. The fraction of sp³-hybridized carbons (Fsp3) is 0.632. The Morgan fingerprint density at radius 3 is 2.78 bits per heavy atom. The largest absolute Gasteiger partial charge is 0.394 e. The number of carbonyl (C=O) groups is 1. The molecule has 1 rings (SSSR count). The summed E-state index contributed by atoms with van der Waals surface area (Å²) in [5, 5.41) is 9.25. The van der Waals surface area contributed by atoms with Gasteiger partial charge in [-0.15, -0.1) is 0 Å². The number of carbonyl (C=O) groups excluding carboxylic acids is 1. The lowest BCUT2D eigenvalue weighted by Crippen LogP contribution is -2.36. The van der Waals surface area contributed by atoms with Gasteiger partial charge in [-0.2, -0.15) is 0 Å². The average Bonchev–Trinajstić information content (AvgIpc) is 3.03. The van der Waals surface area contributed by atoms with Gasteiger partial charge >= 0.3 is 0 Å². The van der Waals surface area contributed by atoms with E-state index in [1.165, 1.54) is 6.42 Å². The molecule has 0 bridgehead atoms. The molecule has 0 aromatic carbocycles. The summed E-state index contributed by atoms with van der Waals surface area (Å²) in [5.41, 5.74) is 1.12. The Balaban J connectivity index is 2.48. The number of unbranched alkanes of at least 4 members (excludes halogenated alkanes) is 1. The van der Waals surface area contributed by atoms with E-state index in [0.29, 0.717) is 0 Å². The van der Waals surface area contributed by atoms with E-state index in [-0.39, 0.29) is 24.7 Å². The zero-order valence-electron chi connectivity index (χ0n) is 14.7. The van der Waals surface area contributed by atoms with Crippen molar-refractivity contribution >= 4 is 5.91 Å². The SMILES string of the molecule is CCCC[C@H](/C=C(C)/C=C/C=C/C(=O)N1CCC[C@@H]1CO)OC. The quantitative estimate of drug-likeness (QED) is 0.524. The number of methoxy groups -OCH3 is 1. The normalized spacial score (nSPS) is 20.8. The van der Waals surface area contributed by atoms with E-state index >= 15 is 0 Å². The van der Waals surface area contributed by atoms with Crippen LogP contribution in [0.5, 0.6) is 0 Å². The number of hydrogen-bond donors (Lipinski definition) is 1. The first-order valence-electron chi connectivity index (χ1n) is 8.59. The number of aliphatic hydroxyl groups is 1. The van der Waals surface area contributed by atoms with Crippen LogP contribution >= 0.6 is 0 Å². The zero-order chi connectivity index (χ0) is 17.1. The highest BCUT2D eigenvalue weighted by molar-refractivity contribution is 5.88. The number of allylic oxidation sites excluding steroid dienone is 4. The van der Waals surface area contributed by atoms with Crippen molar-refractivity contribution in [3.63, 3.8) is 0 Å². The van der Waals surface area contributed by atoms with Crippen LogP contribution in [0.3, 0.4) is 0 Å². The third-order valence-corrected chi connectivity index (χ3v) is 4.17. The maximum absolute atomic E-state index is 12.1. The predicted octanol–water partition coefficient (Wildman–Crippen LogP) is 3.23. The molecule has 1 saturated heterocycles. The minimum atomic E-state index is -0.0226. The Hall–Kier alpha value is -1.39. The second kappa shape index (κ2) is 11.2. The highest BCUT2D eigenvalue weighted by Gasteiger charge is 2.26. The van der Waals surface area contributed by atoms with E-state index in [2.05, 4.69) is 13.0 Å². The van der Waals surface area contributed by atoms with Crippen LogP contribution in [0.2, 0.25) is 0 Å². The molecule has 1 fully saturated rings. The molecule has 0 radical (unpaired) electrons. The van der Waals surface area contributed by atoms with Gasteiger partial charge in [0.2, 0.25) is 5.91 Å². The van der Waals surface area contributed by atoms with Crippen molar-refractivity contribution in [2.75, 3.05) is 20.3 Å². The van der Waals surface area contributed by atoms with Gasteiger partial charge in [0.25, 0.3) is 0 Å². The lowest BCUT2D eigenvalue weighted by atomic mass is 10.1. The van der Waals surface area contributed by atoms with Crippen LogP contribution in [-0.4, -0.2) is 48.3 Å². The minimum Gasteiger partial charge on any atom is -0.394 e. The van der Waals surface area contributed by atoms with Gasteiger partial charge in [-0.05, 0) is 26.2 Å². The van der Waals surface area contributed by atoms with Crippen LogP contribution in [-0.2, 0) is 9.53 Å². The average molecular weight is 321 g/mol. The van der Waals surface area contributed by atoms with Gasteiger partial charge in [0.05, 0.1) is 18.8 Å². The molecule has 0 aliphatic carbocycles. The van der Waals surface area contributed by atoms with E-state index in [0.717, 1.165) is 37.8 Å². The number of aliphatic hydroxyl groups excluding tert-OH is 1. The van der Waals surface area contributed by atoms with Gasteiger partial charge in [-0.1, -0.05) is 49.6 Å².